The fraction of sp³-hybridized carbons (Fsp3) is 0.778. The first-order valence-corrected chi connectivity index (χ1v) is 9.70. The first-order chi connectivity index (χ1) is 11.1. The van der Waals surface area contributed by atoms with Crippen molar-refractivity contribution in [3.63, 3.8) is 0 Å². The largest absolute Gasteiger partial charge is 0.383 e. The summed E-state index contributed by atoms with van der Waals surface area (Å²) in [6.45, 7) is 3.48. The van der Waals surface area contributed by atoms with Crippen LogP contribution in [-0.2, 0) is 16.1 Å². The summed E-state index contributed by atoms with van der Waals surface area (Å²) < 4.78 is 7.31. The highest BCUT2D eigenvalue weighted by atomic mass is 32.1. The van der Waals surface area contributed by atoms with E-state index in [9.17, 15) is 4.79 Å². The van der Waals surface area contributed by atoms with Gasteiger partial charge in [-0.15, -0.1) is 11.3 Å². The molecule has 5 rings (SSSR count). The van der Waals surface area contributed by atoms with E-state index in [2.05, 4.69) is 21.9 Å². The van der Waals surface area contributed by atoms with E-state index in [0.29, 0.717) is 6.61 Å². The molecule has 0 atom stereocenters. The third kappa shape index (κ3) is 2.72. The zero-order valence-electron chi connectivity index (χ0n) is 14.1. The number of carbonyl (C=O) groups is 1. The monoisotopic (exact) mass is 334 g/mol. The van der Waals surface area contributed by atoms with Gasteiger partial charge in [0.15, 0.2) is 4.80 Å². The summed E-state index contributed by atoms with van der Waals surface area (Å²) in [5.41, 5.74) is 1.02. The van der Waals surface area contributed by atoms with Crippen LogP contribution in [-0.4, -0.2) is 24.2 Å². The molecule has 4 nitrogen and oxygen atoms in total. The maximum Gasteiger partial charge on any atom is 0.254 e. The van der Waals surface area contributed by atoms with Crippen molar-refractivity contribution in [1.29, 1.82) is 0 Å². The van der Waals surface area contributed by atoms with Gasteiger partial charge in [0, 0.05) is 24.7 Å². The number of aromatic nitrogens is 1. The third-order valence-corrected chi connectivity index (χ3v) is 7.18. The second kappa shape index (κ2) is 5.85. The highest BCUT2D eigenvalue weighted by molar-refractivity contribution is 7.07. The molecule has 0 unspecified atom stereocenters. The molecule has 0 aliphatic heterocycles. The molecule has 1 aromatic rings. The molecule has 0 N–H and O–H groups in total. The number of nitrogens with zero attached hydrogens (tertiary/aromatic N) is 2. The molecule has 5 heteroatoms. The predicted octanol–water partition coefficient (Wildman–Crippen LogP) is 3.15. The molecule has 0 spiro atoms. The number of thiazole rings is 1. The normalized spacial score (nSPS) is 35.9. The van der Waals surface area contributed by atoms with Gasteiger partial charge in [0.25, 0.3) is 5.91 Å². The fourth-order valence-corrected chi connectivity index (χ4v) is 6.44. The second-order valence-corrected chi connectivity index (χ2v) is 8.76. The maximum absolute atomic E-state index is 13.1. The summed E-state index contributed by atoms with van der Waals surface area (Å²) in [7, 11) is 1.71. The smallest absolute Gasteiger partial charge is 0.254 e. The number of hydrogen-bond acceptors (Lipinski definition) is 3. The molecule has 4 fully saturated rings. The van der Waals surface area contributed by atoms with Crippen molar-refractivity contribution >= 4 is 17.2 Å². The molecule has 1 heterocycles. The van der Waals surface area contributed by atoms with E-state index in [4.69, 9.17) is 4.74 Å². The Hall–Kier alpha value is -0.940. The average Bonchev–Trinajstić information content (AvgIpc) is 2.84. The van der Waals surface area contributed by atoms with Gasteiger partial charge in [0.2, 0.25) is 0 Å². The summed E-state index contributed by atoms with van der Waals surface area (Å²) >= 11 is 1.58. The zero-order chi connectivity index (χ0) is 16.0. The molecule has 0 radical (unpaired) electrons. The topological polar surface area (TPSA) is 43.6 Å². The van der Waals surface area contributed by atoms with Gasteiger partial charge in [0.05, 0.1) is 12.0 Å². The number of carbonyl (C=O) groups excluding carboxylic acids is 1. The van der Waals surface area contributed by atoms with Crippen molar-refractivity contribution in [2.75, 3.05) is 13.7 Å². The Kier molecular flexibility index (Phi) is 3.96. The molecule has 4 aliphatic rings. The van der Waals surface area contributed by atoms with Crippen LogP contribution in [0.15, 0.2) is 10.4 Å². The molecule has 1 aromatic heterocycles. The Morgan fingerprint density at radius 1 is 1.30 bits per heavy atom. The van der Waals surface area contributed by atoms with Crippen molar-refractivity contribution in [1.82, 2.24) is 4.57 Å². The van der Waals surface area contributed by atoms with Gasteiger partial charge >= 0.3 is 0 Å². The van der Waals surface area contributed by atoms with Gasteiger partial charge in [0.1, 0.15) is 0 Å². The maximum atomic E-state index is 13.1. The van der Waals surface area contributed by atoms with Crippen LogP contribution >= 0.6 is 11.3 Å². The quantitative estimate of drug-likeness (QED) is 0.849. The van der Waals surface area contributed by atoms with E-state index in [-0.39, 0.29) is 11.3 Å². The van der Waals surface area contributed by atoms with E-state index in [1.54, 1.807) is 18.4 Å². The van der Waals surface area contributed by atoms with Gasteiger partial charge in [-0.3, -0.25) is 4.79 Å². The van der Waals surface area contributed by atoms with E-state index in [1.807, 2.05) is 0 Å². The van der Waals surface area contributed by atoms with Crippen LogP contribution < -0.4 is 4.80 Å². The van der Waals surface area contributed by atoms with Gasteiger partial charge in [-0.05, 0) is 63.2 Å². The third-order valence-electron chi connectivity index (χ3n) is 6.20. The predicted molar refractivity (Wildman–Crippen MR) is 90.1 cm³/mol. The Morgan fingerprint density at radius 2 is 1.91 bits per heavy atom. The SMILES string of the molecule is COCCn1c(C)cs/c1=N\C(=O)C12CC3CC(CC(C3)C1)C2. The lowest BCUT2D eigenvalue weighted by atomic mass is 9.49. The van der Waals surface area contributed by atoms with Crippen LogP contribution in [0.25, 0.3) is 0 Å². The first-order valence-electron chi connectivity index (χ1n) is 8.83. The van der Waals surface area contributed by atoms with Crippen LogP contribution in [0.2, 0.25) is 0 Å². The zero-order valence-corrected chi connectivity index (χ0v) is 14.9. The minimum absolute atomic E-state index is 0.133. The molecule has 4 bridgehead atoms. The van der Waals surface area contributed by atoms with E-state index < -0.39 is 0 Å². The Balaban J connectivity index is 1.63. The molecule has 23 heavy (non-hydrogen) atoms. The van der Waals surface area contributed by atoms with Crippen LogP contribution in [0.1, 0.15) is 44.2 Å². The van der Waals surface area contributed by atoms with E-state index in [0.717, 1.165) is 54.1 Å². The number of hydrogen-bond donors (Lipinski definition) is 0. The van der Waals surface area contributed by atoms with Crippen LogP contribution in [0.4, 0.5) is 0 Å². The van der Waals surface area contributed by atoms with Crippen LogP contribution in [0.3, 0.4) is 0 Å². The average molecular weight is 334 g/mol. The van der Waals surface area contributed by atoms with Crippen molar-refractivity contribution in [3.05, 3.63) is 15.9 Å². The molecule has 0 aromatic carbocycles. The molecule has 1 amide bonds. The highest BCUT2D eigenvalue weighted by Gasteiger charge is 2.54. The standard InChI is InChI=1S/C18H26N2O2S/c1-12-11-23-17(20(12)3-4-22-2)19-16(21)18-8-13-5-14(9-18)7-15(6-13)10-18/h11,13-15H,3-10H2,1-2H3/b19-17-. The van der Waals surface area contributed by atoms with Gasteiger partial charge in [-0.25, -0.2) is 0 Å². The summed E-state index contributed by atoms with van der Waals surface area (Å²) in [5, 5.41) is 2.08. The summed E-state index contributed by atoms with van der Waals surface area (Å²) in [6.07, 6.45) is 7.34. The number of rotatable bonds is 4. The van der Waals surface area contributed by atoms with E-state index in [1.165, 1.54) is 19.3 Å². The van der Waals surface area contributed by atoms with Crippen molar-refractivity contribution in [3.8, 4) is 0 Å². The lowest BCUT2D eigenvalue weighted by Crippen LogP contribution is -2.50. The molecular formula is C18H26N2O2S. The van der Waals surface area contributed by atoms with Crippen LogP contribution in [0, 0.1) is 30.1 Å². The summed E-state index contributed by atoms with van der Waals surface area (Å²) in [5.74, 6) is 2.51. The summed E-state index contributed by atoms with van der Waals surface area (Å²) in [6, 6.07) is 0. The van der Waals surface area contributed by atoms with Gasteiger partial charge < -0.3 is 9.30 Å². The number of methoxy groups -OCH3 is 1. The van der Waals surface area contributed by atoms with Crippen molar-refractivity contribution < 1.29 is 9.53 Å². The second-order valence-electron chi connectivity index (χ2n) is 7.92. The minimum atomic E-state index is -0.133. The number of amides is 1. The molecule has 126 valence electrons. The Labute approximate surface area is 141 Å². The van der Waals surface area contributed by atoms with Crippen molar-refractivity contribution in [2.24, 2.45) is 28.2 Å². The Morgan fingerprint density at radius 3 is 2.48 bits per heavy atom. The van der Waals surface area contributed by atoms with Crippen LogP contribution in [0.5, 0.6) is 0 Å². The first kappa shape index (κ1) is 15.6. The highest BCUT2D eigenvalue weighted by Crippen LogP contribution is 2.60. The lowest BCUT2D eigenvalue weighted by Gasteiger charge is -2.55. The molecular weight excluding hydrogens is 308 g/mol. The lowest BCUT2D eigenvalue weighted by molar-refractivity contribution is -0.142. The van der Waals surface area contributed by atoms with Crippen molar-refractivity contribution in [2.45, 2.75) is 52.0 Å². The molecule has 4 aliphatic carbocycles. The number of ether oxygens (including phenoxy) is 1. The molecule has 0 saturated heterocycles. The van der Waals surface area contributed by atoms with E-state index >= 15 is 0 Å². The minimum Gasteiger partial charge on any atom is -0.383 e. The van der Waals surface area contributed by atoms with Gasteiger partial charge in [-0.1, -0.05) is 0 Å². The summed E-state index contributed by atoms with van der Waals surface area (Å²) in [4.78, 5) is 18.6. The van der Waals surface area contributed by atoms with Gasteiger partial charge in [-0.2, -0.15) is 4.99 Å². The number of aryl methyl sites for hydroxylation is 1. The Bertz CT molecular complexity index is 638. The molecule has 4 saturated carbocycles. The fourth-order valence-electron chi connectivity index (χ4n) is 5.54.